The van der Waals surface area contributed by atoms with Gasteiger partial charge in [0, 0.05) is 11.1 Å². The first-order valence-electron chi connectivity index (χ1n) is 5.09. The van der Waals surface area contributed by atoms with E-state index in [1.54, 1.807) is 18.0 Å². The molecule has 0 aromatic carbocycles. The topological polar surface area (TPSA) is 43.1 Å². The second-order valence-electron chi connectivity index (χ2n) is 3.76. The lowest BCUT2D eigenvalue weighted by atomic mass is 9.93. The Kier molecular flexibility index (Phi) is 2.80. The molecule has 0 aliphatic heterocycles. The molecule has 0 unspecified atom stereocenters. The number of thiophene rings is 1. The zero-order valence-electron chi connectivity index (χ0n) is 9.02. The number of aryl methyl sites for hydroxylation is 1. The molecular weight excluding hydrogens is 274 g/mol. The van der Waals surface area contributed by atoms with Crippen molar-refractivity contribution in [2.45, 2.75) is 17.1 Å². The molecular formula is C11H9NO2S3. The molecule has 0 atom stereocenters. The van der Waals surface area contributed by atoms with Gasteiger partial charge in [0.1, 0.15) is 0 Å². The molecule has 0 bridgehead atoms. The summed E-state index contributed by atoms with van der Waals surface area (Å²) in [6.45, 7) is 0. The molecule has 0 N–H and O–H groups in total. The molecule has 17 heavy (non-hydrogen) atoms. The summed E-state index contributed by atoms with van der Waals surface area (Å²) in [5.74, 6) is 0.827. The highest BCUT2D eigenvalue weighted by molar-refractivity contribution is 8.01. The second-order valence-corrected chi connectivity index (χ2v) is 6.26. The van der Waals surface area contributed by atoms with Gasteiger partial charge in [0.25, 0.3) is 0 Å². The lowest BCUT2D eigenvalue weighted by molar-refractivity contribution is 0.109. The van der Waals surface area contributed by atoms with E-state index in [1.165, 1.54) is 11.3 Å². The zero-order chi connectivity index (χ0) is 12.0. The summed E-state index contributed by atoms with van der Waals surface area (Å²) in [5, 5.41) is 3.69. The van der Waals surface area contributed by atoms with Crippen LogP contribution in [0.25, 0.3) is 11.3 Å². The van der Waals surface area contributed by atoms with Crippen LogP contribution in [0.15, 0.2) is 14.9 Å². The van der Waals surface area contributed by atoms with Crippen molar-refractivity contribution in [1.82, 2.24) is 5.16 Å². The van der Waals surface area contributed by atoms with E-state index in [0.717, 1.165) is 44.4 Å². The van der Waals surface area contributed by atoms with Gasteiger partial charge in [0.15, 0.2) is 5.76 Å². The first-order chi connectivity index (χ1) is 8.22. The van der Waals surface area contributed by atoms with Crippen molar-refractivity contribution < 1.29 is 9.32 Å². The summed E-state index contributed by atoms with van der Waals surface area (Å²) in [4.78, 5) is 12.3. The Labute approximate surface area is 112 Å². The van der Waals surface area contributed by atoms with E-state index in [0.29, 0.717) is 0 Å². The number of hydrogen-bond donors (Lipinski definition) is 1. The molecule has 1 aliphatic carbocycles. The Hall–Kier alpha value is -0.720. The van der Waals surface area contributed by atoms with Gasteiger partial charge in [-0.3, -0.25) is 4.79 Å². The Morgan fingerprint density at radius 3 is 3.12 bits per heavy atom. The van der Waals surface area contributed by atoms with Crippen molar-refractivity contribution in [2.75, 3.05) is 6.26 Å². The Bertz CT molecular complexity index is 600. The number of thiol groups is 1. The fourth-order valence-corrected chi connectivity index (χ4v) is 4.32. The first-order valence-corrected chi connectivity index (χ1v) is 7.58. The van der Waals surface area contributed by atoms with Crippen LogP contribution in [0.2, 0.25) is 0 Å². The van der Waals surface area contributed by atoms with Crippen molar-refractivity contribution in [3.05, 3.63) is 22.2 Å². The average Bonchev–Trinajstić information content (AvgIpc) is 2.91. The minimum atomic E-state index is -0.158. The lowest BCUT2D eigenvalue weighted by Gasteiger charge is -2.11. The van der Waals surface area contributed by atoms with Crippen LogP contribution in [0.1, 0.15) is 20.8 Å². The number of rotatable bonds is 2. The third kappa shape index (κ3) is 1.66. The van der Waals surface area contributed by atoms with Crippen LogP contribution in [0, 0.1) is 0 Å². The van der Waals surface area contributed by atoms with E-state index in [9.17, 15) is 4.79 Å². The van der Waals surface area contributed by atoms with E-state index in [-0.39, 0.29) is 5.12 Å². The molecule has 0 fully saturated rings. The predicted molar refractivity (Wildman–Crippen MR) is 72.3 cm³/mol. The van der Waals surface area contributed by atoms with Crippen LogP contribution >= 0.6 is 35.7 Å². The van der Waals surface area contributed by atoms with Gasteiger partial charge >= 0.3 is 0 Å². The van der Waals surface area contributed by atoms with E-state index in [4.69, 9.17) is 4.52 Å². The maximum Gasteiger partial charge on any atom is 0.226 e. The molecule has 2 aromatic rings. The highest BCUT2D eigenvalue weighted by Gasteiger charge is 2.29. The first kappa shape index (κ1) is 11.4. The monoisotopic (exact) mass is 283 g/mol. The standard InChI is InChI=1S/C11H9NO2S3/c1-16-11-7-6(9(17-11)10(13)15)3-2-5-4-12-14-8(5)7/h4H,2-3H2,1H3,(H,13,15). The fourth-order valence-electron chi connectivity index (χ4n) is 2.13. The summed E-state index contributed by atoms with van der Waals surface area (Å²) in [5.41, 5.74) is 3.26. The number of carbonyl (C=O) groups excluding carboxylic acids is 1. The normalized spacial score (nSPS) is 13.3. The van der Waals surface area contributed by atoms with Gasteiger partial charge in [-0.1, -0.05) is 17.8 Å². The predicted octanol–water partition coefficient (Wildman–Crippen LogP) is 3.29. The number of carbonyl (C=O) groups is 1. The zero-order valence-corrected chi connectivity index (χ0v) is 11.5. The third-order valence-corrected chi connectivity index (χ3v) is 5.60. The van der Waals surface area contributed by atoms with Crippen molar-refractivity contribution in [1.29, 1.82) is 0 Å². The van der Waals surface area contributed by atoms with Crippen LogP contribution in [0.4, 0.5) is 0 Å². The van der Waals surface area contributed by atoms with E-state index in [1.807, 2.05) is 6.26 Å². The average molecular weight is 283 g/mol. The molecule has 1 aliphatic rings. The Morgan fingerprint density at radius 1 is 1.59 bits per heavy atom. The number of nitrogens with zero attached hydrogens (tertiary/aromatic N) is 1. The summed E-state index contributed by atoms with van der Waals surface area (Å²) in [6, 6.07) is 0. The number of fused-ring (bicyclic) bond motifs is 3. The van der Waals surface area contributed by atoms with Crippen LogP contribution < -0.4 is 0 Å². The molecule has 0 spiro atoms. The third-order valence-electron chi connectivity index (χ3n) is 2.87. The van der Waals surface area contributed by atoms with Gasteiger partial charge in [0.05, 0.1) is 15.3 Å². The molecule has 0 saturated heterocycles. The maximum atomic E-state index is 11.5. The second kappa shape index (κ2) is 4.19. The molecule has 88 valence electrons. The van der Waals surface area contributed by atoms with E-state index < -0.39 is 0 Å². The molecule has 2 heterocycles. The molecule has 0 amide bonds. The lowest BCUT2D eigenvalue weighted by Crippen LogP contribution is -2.03. The highest BCUT2D eigenvalue weighted by atomic mass is 32.2. The minimum absolute atomic E-state index is 0.158. The number of thioether (sulfide) groups is 1. The van der Waals surface area contributed by atoms with Crippen LogP contribution in [-0.4, -0.2) is 16.5 Å². The smallest absolute Gasteiger partial charge is 0.226 e. The van der Waals surface area contributed by atoms with Gasteiger partial charge in [-0.15, -0.1) is 23.1 Å². The SMILES string of the molecule is CSc1sc(C(=O)S)c2c1-c1oncc1CC2. The highest BCUT2D eigenvalue weighted by Crippen LogP contribution is 2.46. The van der Waals surface area contributed by atoms with Gasteiger partial charge in [-0.25, -0.2) is 0 Å². The number of hydrogen-bond acceptors (Lipinski definition) is 5. The minimum Gasteiger partial charge on any atom is -0.356 e. The Morgan fingerprint density at radius 2 is 2.41 bits per heavy atom. The molecule has 2 aromatic heterocycles. The number of aromatic nitrogens is 1. The fraction of sp³-hybridized carbons (Fsp3) is 0.273. The van der Waals surface area contributed by atoms with Crippen LogP contribution in [0.5, 0.6) is 0 Å². The maximum absolute atomic E-state index is 11.5. The van der Waals surface area contributed by atoms with Crippen LogP contribution in [0.3, 0.4) is 0 Å². The molecule has 0 saturated carbocycles. The summed E-state index contributed by atoms with van der Waals surface area (Å²) in [7, 11) is 0. The van der Waals surface area contributed by atoms with Crippen molar-refractivity contribution >= 4 is 40.8 Å². The largest absolute Gasteiger partial charge is 0.356 e. The van der Waals surface area contributed by atoms with E-state index >= 15 is 0 Å². The summed E-state index contributed by atoms with van der Waals surface area (Å²) in [6.07, 6.45) is 5.51. The summed E-state index contributed by atoms with van der Waals surface area (Å²) >= 11 is 7.08. The van der Waals surface area contributed by atoms with E-state index in [2.05, 4.69) is 17.8 Å². The van der Waals surface area contributed by atoms with Gasteiger partial charge in [-0.2, -0.15) is 0 Å². The van der Waals surface area contributed by atoms with Crippen LogP contribution in [-0.2, 0) is 12.8 Å². The van der Waals surface area contributed by atoms with Crippen molar-refractivity contribution in [3.63, 3.8) is 0 Å². The summed E-state index contributed by atoms with van der Waals surface area (Å²) < 4.78 is 6.43. The quantitative estimate of drug-likeness (QED) is 0.678. The molecule has 0 radical (unpaired) electrons. The molecule has 6 heteroatoms. The van der Waals surface area contributed by atoms with Gasteiger partial charge < -0.3 is 4.52 Å². The molecule has 3 nitrogen and oxygen atoms in total. The van der Waals surface area contributed by atoms with Crippen molar-refractivity contribution in [3.8, 4) is 11.3 Å². The van der Waals surface area contributed by atoms with Gasteiger partial charge in [-0.05, 0) is 24.7 Å². The van der Waals surface area contributed by atoms with Gasteiger partial charge in [0.2, 0.25) is 5.12 Å². The molecule has 3 rings (SSSR count). The Balaban J connectivity index is 2.29. The van der Waals surface area contributed by atoms with Crippen molar-refractivity contribution in [2.24, 2.45) is 0 Å².